The van der Waals surface area contributed by atoms with Crippen LogP contribution in [0.25, 0.3) is 0 Å². The van der Waals surface area contributed by atoms with Crippen molar-refractivity contribution < 1.29 is 4.74 Å². The van der Waals surface area contributed by atoms with E-state index >= 15 is 0 Å². The van der Waals surface area contributed by atoms with Gasteiger partial charge in [0, 0.05) is 25.5 Å². The Hall–Kier alpha value is -2.08. The van der Waals surface area contributed by atoms with E-state index in [1.54, 1.807) is 6.20 Å². The van der Waals surface area contributed by atoms with Crippen LogP contribution in [0.3, 0.4) is 0 Å². The highest BCUT2D eigenvalue weighted by Crippen LogP contribution is 2.15. The summed E-state index contributed by atoms with van der Waals surface area (Å²) in [6.45, 7) is 4.05. The number of imidazole rings is 1. The van der Waals surface area contributed by atoms with Gasteiger partial charge in [-0.2, -0.15) is 0 Å². The lowest BCUT2D eigenvalue weighted by molar-refractivity contribution is 0.122. The van der Waals surface area contributed by atoms with Crippen LogP contribution >= 0.6 is 0 Å². The van der Waals surface area contributed by atoms with E-state index in [1.165, 1.54) is 0 Å². The zero-order chi connectivity index (χ0) is 12.9. The van der Waals surface area contributed by atoms with Crippen LogP contribution in [0, 0.1) is 0 Å². The Morgan fingerprint density at radius 1 is 1.26 bits per heavy atom. The summed E-state index contributed by atoms with van der Waals surface area (Å²) in [7, 11) is 0. The van der Waals surface area contributed by atoms with Crippen molar-refractivity contribution in [3.63, 3.8) is 0 Å². The van der Waals surface area contributed by atoms with Crippen molar-refractivity contribution in [3.8, 4) is 0 Å². The van der Waals surface area contributed by atoms with Gasteiger partial charge in [0.05, 0.1) is 31.6 Å². The number of anilines is 2. The van der Waals surface area contributed by atoms with E-state index in [2.05, 4.69) is 25.2 Å². The highest BCUT2D eigenvalue weighted by molar-refractivity contribution is 5.48. The highest BCUT2D eigenvalue weighted by Gasteiger charge is 2.11. The van der Waals surface area contributed by atoms with Gasteiger partial charge < -0.3 is 19.9 Å². The molecule has 19 heavy (non-hydrogen) atoms. The second-order valence-corrected chi connectivity index (χ2v) is 4.39. The molecule has 6 heteroatoms. The topological polar surface area (TPSA) is 66.1 Å². The van der Waals surface area contributed by atoms with Gasteiger partial charge in [0.25, 0.3) is 0 Å². The molecule has 3 rings (SSSR count). The van der Waals surface area contributed by atoms with Gasteiger partial charge in [-0.05, 0) is 12.1 Å². The van der Waals surface area contributed by atoms with Crippen molar-refractivity contribution >= 4 is 11.5 Å². The van der Waals surface area contributed by atoms with Crippen LogP contribution in [0.15, 0.2) is 30.7 Å². The van der Waals surface area contributed by atoms with Crippen LogP contribution in [0.5, 0.6) is 0 Å². The quantitative estimate of drug-likeness (QED) is 0.865. The molecule has 2 N–H and O–H groups in total. The Balaban J connectivity index is 1.58. The molecule has 2 aromatic heterocycles. The van der Waals surface area contributed by atoms with Crippen molar-refractivity contribution in [2.24, 2.45) is 0 Å². The highest BCUT2D eigenvalue weighted by atomic mass is 16.5. The monoisotopic (exact) mass is 259 g/mol. The minimum atomic E-state index is 0.672. The normalized spacial score (nSPS) is 15.5. The molecule has 0 spiro atoms. The number of H-pyrrole nitrogens is 1. The average Bonchev–Trinajstić information content (AvgIpc) is 3.00. The largest absolute Gasteiger partial charge is 0.378 e. The first-order valence-corrected chi connectivity index (χ1v) is 6.43. The van der Waals surface area contributed by atoms with Gasteiger partial charge in [0.15, 0.2) is 0 Å². The molecule has 1 aliphatic heterocycles. The third-order valence-corrected chi connectivity index (χ3v) is 3.10. The molecule has 0 unspecified atom stereocenters. The van der Waals surface area contributed by atoms with E-state index in [1.807, 2.05) is 24.5 Å². The van der Waals surface area contributed by atoms with Crippen LogP contribution in [0.4, 0.5) is 11.5 Å². The lowest BCUT2D eigenvalue weighted by Gasteiger charge is -2.27. The Kier molecular flexibility index (Phi) is 3.60. The van der Waals surface area contributed by atoms with E-state index in [9.17, 15) is 0 Å². The van der Waals surface area contributed by atoms with Gasteiger partial charge in [-0.25, -0.2) is 9.97 Å². The van der Waals surface area contributed by atoms with E-state index in [0.29, 0.717) is 6.54 Å². The van der Waals surface area contributed by atoms with Crippen LogP contribution in [-0.2, 0) is 11.3 Å². The molecule has 6 nitrogen and oxygen atoms in total. The lowest BCUT2D eigenvalue weighted by atomic mass is 10.3. The molecule has 3 heterocycles. The van der Waals surface area contributed by atoms with Crippen LogP contribution in [0.2, 0.25) is 0 Å². The second-order valence-electron chi connectivity index (χ2n) is 4.39. The van der Waals surface area contributed by atoms with Gasteiger partial charge in [-0.3, -0.25) is 0 Å². The predicted molar refractivity (Wildman–Crippen MR) is 73.2 cm³/mol. The number of nitrogens with zero attached hydrogens (tertiary/aromatic N) is 3. The molecule has 0 bridgehead atoms. The molecule has 0 atom stereocenters. The van der Waals surface area contributed by atoms with Gasteiger partial charge in [-0.15, -0.1) is 0 Å². The molecule has 1 saturated heterocycles. The number of aromatic amines is 1. The van der Waals surface area contributed by atoms with E-state index in [0.717, 1.165) is 43.6 Å². The molecule has 0 aromatic carbocycles. The summed E-state index contributed by atoms with van der Waals surface area (Å²) in [4.78, 5) is 13.9. The maximum atomic E-state index is 5.33. The van der Waals surface area contributed by atoms with Gasteiger partial charge in [0.2, 0.25) is 0 Å². The summed E-state index contributed by atoms with van der Waals surface area (Å²) in [5.74, 6) is 1.92. The number of ether oxygens (including phenoxy) is 1. The summed E-state index contributed by atoms with van der Waals surface area (Å²) in [5, 5.41) is 3.28. The fourth-order valence-electron chi connectivity index (χ4n) is 2.05. The molecule has 2 aromatic rings. The van der Waals surface area contributed by atoms with Crippen molar-refractivity contribution in [1.82, 2.24) is 15.0 Å². The Bertz CT molecular complexity index is 490. The van der Waals surface area contributed by atoms with E-state index in [-0.39, 0.29) is 0 Å². The van der Waals surface area contributed by atoms with Crippen LogP contribution in [-0.4, -0.2) is 41.3 Å². The summed E-state index contributed by atoms with van der Waals surface area (Å²) >= 11 is 0. The van der Waals surface area contributed by atoms with Crippen molar-refractivity contribution in [1.29, 1.82) is 0 Å². The van der Waals surface area contributed by atoms with Crippen molar-refractivity contribution in [3.05, 3.63) is 36.5 Å². The van der Waals surface area contributed by atoms with Gasteiger partial charge in [-0.1, -0.05) is 0 Å². The first kappa shape index (κ1) is 12.0. The lowest BCUT2D eigenvalue weighted by Crippen LogP contribution is -2.36. The molecule has 0 aliphatic carbocycles. The summed E-state index contributed by atoms with van der Waals surface area (Å²) in [5.41, 5.74) is 0.994. The third-order valence-electron chi connectivity index (χ3n) is 3.10. The summed E-state index contributed by atoms with van der Waals surface area (Å²) in [6, 6.07) is 4.08. The molecule has 0 saturated carbocycles. The molecular formula is C13H17N5O. The Labute approximate surface area is 111 Å². The average molecular weight is 259 g/mol. The molecule has 1 fully saturated rings. The number of morpholine rings is 1. The fourth-order valence-corrected chi connectivity index (χ4v) is 2.05. The maximum Gasteiger partial charge on any atom is 0.128 e. The fraction of sp³-hybridized carbons (Fsp3) is 0.385. The minimum Gasteiger partial charge on any atom is -0.378 e. The number of rotatable bonds is 4. The predicted octanol–water partition coefficient (Wildman–Crippen LogP) is 1.25. The van der Waals surface area contributed by atoms with Crippen LogP contribution in [0.1, 0.15) is 5.82 Å². The summed E-state index contributed by atoms with van der Waals surface area (Å²) < 4.78 is 5.33. The smallest absolute Gasteiger partial charge is 0.128 e. The molecule has 100 valence electrons. The molecule has 1 aliphatic rings. The number of pyridine rings is 1. The first-order valence-electron chi connectivity index (χ1n) is 6.43. The SMILES string of the molecule is c1c[nH]c(CNc2ccc(N3CCOCC3)nc2)n1. The van der Waals surface area contributed by atoms with E-state index in [4.69, 9.17) is 4.74 Å². The number of nitrogens with one attached hydrogen (secondary N) is 2. The molecule has 0 amide bonds. The zero-order valence-corrected chi connectivity index (χ0v) is 10.7. The Morgan fingerprint density at radius 2 is 2.16 bits per heavy atom. The van der Waals surface area contributed by atoms with Gasteiger partial charge in [0.1, 0.15) is 11.6 Å². The number of aromatic nitrogens is 3. The number of hydrogen-bond acceptors (Lipinski definition) is 5. The molecular weight excluding hydrogens is 242 g/mol. The number of hydrogen-bond donors (Lipinski definition) is 2. The molecule has 0 radical (unpaired) electrons. The van der Waals surface area contributed by atoms with Crippen LogP contribution < -0.4 is 10.2 Å². The van der Waals surface area contributed by atoms with Crippen molar-refractivity contribution in [2.75, 3.05) is 36.5 Å². The Morgan fingerprint density at radius 3 is 2.84 bits per heavy atom. The maximum absolute atomic E-state index is 5.33. The van der Waals surface area contributed by atoms with E-state index < -0.39 is 0 Å². The second kappa shape index (κ2) is 5.71. The van der Waals surface area contributed by atoms with Crippen molar-refractivity contribution in [2.45, 2.75) is 6.54 Å². The third kappa shape index (κ3) is 3.03. The summed E-state index contributed by atoms with van der Waals surface area (Å²) in [6.07, 6.45) is 5.42. The zero-order valence-electron chi connectivity index (χ0n) is 10.7. The first-order chi connectivity index (χ1) is 9.42. The standard InChI is InChI=1S/C13H17N5O/c1-2-13(18-5-7-19-8-6-18)17-9-11(1)16-10-12-14-3-4-15-12/h1-4,9,16H,5-8,10H2,(H,14,15). The minimum absolute atomic E-state index is 0.672. The van der Waals surface area contributed by atoms with Gasteiger partial charge >= 0.3 is 0 Å².